The lowest BCUT2D eigenvalue weighted by atomic mass is 10.0. The highest BCUT2D eigenvalue weighted by atomic mass is 16.4. The van der Waals surface area contributed by atoms with E-state index in [2.05, 4.69) is 10.2 Å². The number of nitrogens with zero attached hydrogens (tertiary/aromatic N) is 3. The summed E-state index contributed by atoms with van der Waals surface area (Å²) >= 11 is 0. The fourth-order valence-corrected chi connectivity index (χ4v) is 2.71. The van der Waals surface area contributed by atoms with Gasteiger partial charge in [0.05, 0.1) is 0 Å². The Morgan fingerprint density at radius 1 is 1.42 bits per heavy atom. The van der Waals surface area contributed by atoms with Gasteiger partial charge in [0, 0.05) is 19.4 Å². The molecule has 0 saturated heterocycles. The molecule has 1 aromatic rings. The van der Waals surface area contributed by atoms with Crippen LogP contribution in [-0.2, 0) is 17.8 Å². The van der Waals surface area contributed by atoms with Crippen molar-refractivity contribution in [3.63, 3.8) is 0 Å². The number of carbonyl (C=O) groups is 1. The van der Waals surface area contributed by atoms with Crippen LogP contribution in [0.2, 0.25) is 0 Å². The minimum absolute atomic E-state index is 0.186. The van der Waals surface area contributed by atoms with Crippen molar-refractivity contribution in [2.45, 2.75) is 58.1 Å². The Balaban J connectivity index is 1.98. The standard InChI is InChI=1S/C13H21N3O3/c1-9-14-15-12(8-10-4-2-3-5-10)16(9)7-6-11(17)13(18)19/h10-11,17H,2-8H2,1H3,(H,18,19). The van der Waals surface area contributed by atoms with E-state index in [4.69, 9.17) is 5.11 Å². The summed E-state index contributed by atoms with van der Waals surface area (Å²) in [5.74, 6) is 1.20. The number of carboxylic acid groups (broad SMARTS) is 1. The van der Waals surface area contributed by atoms with Gasteiger partial charge < -0.3 is 14.8 Å². The van der Waals surface area contributed by atoms with E-state index in [9.17, 15) is 9.90 Å². The molecule has 6 nitrogen and oxygen atoms in total. The van der Waals surface area contributed by atoms with E-state index in [0.29, 0.717) is 12.5 Å². The molecule has 19 heavy (non-hydrogen) atoms. The molecule has 1 fully saturated rings. The van der Waals surface area contributed by atoms with Gasteiger partial charge in [-0.1, -0.05) is 25.7 Å². The Kier molecular flexibility index (Phi) is 4.52. The van der Waals surface area contributed by atoms with Gasteiger partial charge >= 0.3 is 5.97 Å². The monoisotopic (exact) mass is 267 g/mol. The van der Waals surface area contributed by atoms with E-state index < -0.39 is 12.1 Å². The van der Waals surface area contributed by atoms with Crippen LogP contribution in [0, 0.1) is 12.8 Å². The molecule has 1 atom stereocenters. The van der Waals surface area contributed by atoms with Crippen molar-refractivity contribution in [2.24, 2.45) is 5.92 Å². The number of carboxylic acids is 1. The molecule has 0 spiro atoms. The van der Waals surface area contributed by atoms with Crippen LogP contribution in [0.25, 0.3) is 0 Å². The van der Waals surface area contributed by atoms with Crippen LogP contribution < -0.4 is 0 Å². The van der Waals surface area contributed by atoms with Crippen LogP contribution >= 0.6 is 0 Å². The molecule has 0 radical (unpaired) electrons. The van der Waals surface area contributed by atoms with Gasteiger partial charge in [-0.15, -0.1) is 10.2 Å². The maximum absolute atomic E-state index is 10.6. The molecule has 2 N–H and O–H groups in total. The molecule has 6 heteroatoms. The SMILES string of the molecule is Cc1nnc(CC2CCCC2)n1CCC(O)C(=O)O. The van der Waals surface area contributed by atoms with E-state index in [1.54, 1.807) is 0 Å². The summed E-state index contributed by atoms with van der Waals surface area (Å²) in [5, 5.41) is 26.3. The number of hydrogen-bond acceptors (Lipinski definition) is 4. The third kappa shape index (κ3) is 3.53. The van der Waals surface area contributed by atoms with Crippen molar-refractivity contribution in [1.29, 1.82) is 0 Å². The first-order valence-corrected chi connectivity index (χ1v) is 6.87. The summed E-state index contributed by atoms with van der Waals surface area (Å²) in [7, 11) is 0. The summed E-state index contributed by atoms with van der Waals surface area (Å²) in [5.41, 5.74) is 0. The molecular formula is C13H21N3O3. The van der Waals surface area contributed by atoms with Gasteiger partial charge in [-0.2, -0.15) is 0 Å². The van der Waals surface area contributed by atoms with Crippen molar-refractivity contribution < 1.29 is 15.0 Å². The normalized spacial score (nSPS) is 17.8. The topological polar surface area (TPSA) is 88.2 Å². The van der Waals surface area contributed by atoms with Gasteiger partial charge in [0.15, 0.2) is 6.10 Å². The molecular weight excluding hydrogens is 246 g/mol. The van der Waals surface area contributed by atoms with Gasteiger partial charge in [-0.25, -0.2) is 4.79 Å². The van der Waals surface area contributed by atoms with E-state index in [1.807, 2.05) is 11.5 Å². The molecule has 1 heterocycles. The first kappa shape index (κ1) is 14.0. The van der Waals surface area contributed by atoms with Gasteiger partial charge in [-0.3, -0.25) is 0 Å². The highest BCUT2D eigenvalue weighted by Crippen LogP contribution is 2.27. The van der Waals surface area contributed by atoms with Crippen LogP contribution in [0.15, 0.2) is 0 Å². The van der Waals surface area contributed by atoms with Gasteiger partial charge in [0.2, 0.25) is 0 Å². The van der Waals surface area contributed by atoms with E-state index in [0.717, 1.165) is 18.1 Å². The van der Waals surface area contributed by atoms with Gasteiger partial charge in [-0.05, 0) is 12.8 Å². The number of rotatable bonds is 6. The molecule has 1 aliphatic rings. The zero-order valence-electron chi connectivity index (χ0n) is 11.2. The minimum atomic E-state index is -1.32. The summed E-state index contributed by atoms with van der Waals surface area (Å²) in [6, 6.07) is 0. The number of aliphatic hydroxyl groups is 1. The first-order chi connectivity index (χ1) is 9.08. The second kappa shape index (κ2) is 6.14. The predicted molar refractivity (Wildman–Crippen MR) is 68.7 cm³/mol. The van der Waals surface area contributed by atoms with E-state index in [-0.39, 0.29) is 6.42 Å². The molecule has 0 amide bonds. The Morgan fingerprint density at radius 2 is 2.11 bits per heavy atom. The molecule has 0 aromatic carbocycles. The third-order valence-electron chi connectivity index (χ3n) is 3.87. The van der Waals surface area contributed by atoms with Crippen LogP contribution in [0.4, 0.5) is 0 Å². The Morgan fingerprint density at radius 3 is 2.74 bits per heavy atom. The van der Waals surface area contributed by atoms with E-state index in [1.165, 1.54) is 25.7 Å². The zero-order chi connectivity index (χ0) is 13.8. The Labute approximate surface area is 112 Å². The lowest BCUT2D eigenvalue weighted by Crippen LogP contribution is -2.22. The van der Waals surface area contributed by atoms with Crippen LogP contribution in [0.3, 0.4) is 0 Å². The Hall–Kier alpha value is -1.43. The minimum Gasteiger partial charge on any atom is -0.479 e. The van der Waals surface area contributed by atoms with Crippen molar-refractivity contribution in [2.75, 3.05) is 0 Å². The zero-order valence-corrected chi connectivity index (χ0v) is 11.2. The van der Waals surface area contributed by atoms with Crippen molar-refractivity contribution in [3.8, 4) is 0 Å². The summed E-state index contributed by atoms with van der Waals surface area (Å²) in [4.78, 5) is 10.6. The average Bonchev–Trinajstić information content (AvgIpc) is 2.98. The van der Waals surface area contributed by atoms with Gasteiger partial charge in [0.25, 0.3) is 0 Å². The summed E-state index contributed by atoms with van der Waals surface area (Å²) < 4.78 is 1.94. The van der Waals surface area contributed by atoms with Gasteiger partial charge in [0.1, 0.15) is 11.6 Å². The number of aliphatic carboxylic acids is 1. The molecule has 0 bridgehead atoms. The third-order valence-corrected chi connectivity index (χ3v) is 3.87. The largest absolute Gasteiger partial charge is 0.479 e. The van der Waals surface area contributed by atoms with Crippen LogP contribution in [0.5, 0.6) is 0 Å². The molecule has 1 unspecified atom stereocenters. The molecule has 0 aliphatic heterocycles. The molecule has 1 aliphatic carbocycles. The summed E-state index contributed by atoms with van der Waals surface area (Å²) in [6.45, 7) is 2.31. The maximum Gasteiger partial charge on any atom is 0.332 e. The van der Waals surface area contributed by atoms with Crippen LogP contribution in [0.1, 0.15) is 43.8 Å². The fourth-order valence-electron chi connectivity index (χ4n) is 2.71. The highest BCUT2D eigenvalue weighted by molar-refractivity contribution is 5.71. The smallest absolute Gasteiger partial charge is 0.332 e. The van der Waals surface area contributed by atoms with Crippen molar-refractivity contribution >= 4 is 5.97 Å². The van der Waals surface area contributed by atoms with Crippen molar-refractivity contribution in [1.82, 2.24) is 14.8 Å². The van der Waals surface area contributed by atoms with Crippen LogP contribution in [-0.4, -0.2) is 37.1 Å². The average molecular weight is 267 g/mol. The lowest BCUT2D eigenvalue weighted by molar-refractivity contribution is -0.147. The fraction of sp³-hybridized carbons (Fsp3) is 0.769. The quantitative estimate of drug-likeness (QED) is 0.807. The molecule has 1 aromatic heterocycles. The van der Waals surface area contributed by atoms with Crippen molar-refractivity contribution in [3.05, 3.63) is 11.6 Å². The predicted octanol–water partition coefficient (Wildman–Crippen LogP) is 1.15. The Bertz CT molecular complexity index is 438. The highest BCUT2D eigenvalue weighted by Gasteiger charge is 2.20. The first-order valence-electron chi connectivity index (χ1n) is 6.87. The lowest BCUT2D eigenvalue weighted by Gasteiger charge is -2.12. The number of aromatic nitrogens is 3. The number of aliphatic hydroxyl groups excluding tert-OH is 1. The number of hydrogen-bond donors (Lipinski definition) is 2. The number of aryl methyl sites for hydroxylation is 1. The molecule has 2 rings (SSSR count). The van der Waals surface area contributed by atoms with E-state index >= 15 is 0 Å². The summed E-state index contributed by atoms with van der Waals surface area (Å²) in [6.07, 6.45) is 4.83. The second-order valence-electron chi connectivity index (χ2n) is 5.31. The second-order valence-corrected chi connectivity index (χ2v) is 5.31. The maximum atomic E-state index is 10.6. The molecule has 1 saturated carbocycles. The molecule has 106 valence electrons.